The van der Waals surface area contributed by atoms with E-state index in [9.17, 15) is 9.59 Å². The Bertz CT molecular complexity index is 1170. The number of hydrogen-bond donors (Lipinski definition) is 2. The van der Waals surface area contributed by atoms with Crippen molar-refractivity contribution < 1.29 is 9.59 Å². The number of thiophene rings is 1. The third-order valence-electron chi connectivity index (χ3n) is 5.49. The first kappa shape index (κ1) is 22.8. The molecule has 168 valence electrons. The van der Waals surface area contributed by atoms with Gasteiger partial charge in [-0.15, -0.1) is 21.5 Å². The molecule has 10 heteroatoms. The molecule has 1 aliphatic carbocycles. The molecule has 0 saturated carbocycles. The number of rotatable bonds is 7. The van der Waals surface area contributed by atoms with Crippen LogP contribution in [0.4, 0.5) is 5.00 Å². The Morgan fingerprint density at radius 2 is 2.12 bits per heavy atom. The number of nitrogens with two attached hydrogens (primary N) is 1. The number of fused-ring (bicyclic) bond motifs is 1. The molecule has 3 N–H and O–H groups in total. The average molecular weight is 490 g/mol. The first-order valence-electron chi connectivity index (χ1n) is 10.4. The quantitative estimate of drug-likeness (QED) is 0.471. The molecule has 0 spiro atoms. The van der Waals surface area contributed by atoms with Crippen LogP contribution < -0.4 is 11.1 Å². The van der Waals surface area contributed by atoms with E-state index in [4.69, 9.17) is 17.3 Å². The molecule has 0 fully saturated rings. The summed E-state index contributed by atoms with van der Waals surface area (Å²) < 4.78 is 1.93. The normalized spacial score (nSPS) is 15.4. The molecule has 1 aliphatic rings. The van der Waals surface area contributed by atoms with Crippen molar-refractivity contribution in [2.75, 3.05) is 11.1 Å². The molecule has 0 radical (unpaired) electrons. The van der Waals surface area contributed by atoms with Crippen LogP contribution in [0.25, 0.3) is 11.4 Å². The van der Waals surface area contributed by atoms with Crippen molar-refractivity contribution in [3.05, 3.63) is 45.3 Å². The number of hydrogen-bond acceptors (Lipinski definition) is 6. The van der Waals surface area contributed by atoms with Crippen molar-refractivity contribution in [3.8, 4) is 11.4 Å². The van der Waals surface area contributed by atoms with Gasteiger partial charge in [-0.3, -0.25) is 9.59 Å². The van der Waals surface area contributed by atoms with Gasteiger partial charge in [0.1, 0.15) is 5.00 Å². The number of thioether (sulfide) groups is 1. The fraction of sp³-hybridized carbons (Fsp3) is 0.364. The van der Waals surface area contributed by atoms with Gasteiger partial charge in [-0.2, -0.15) is 0 Å². The van der Waals surface area contributed by atoms with Crippen LogP contribution in [0.1, 0.15) is 41.1 Å². The highest BCUT2D eigenvalue weighted by atomic mass is 35.5. The van der Waals surface area contributed by atoms with E-state index in [1.165, 1.54) is 23.1 Å². The van der Waals surface area contributed by atoms with E-state index in [1.54, 1.807) is 0 Å². The van der Waals surface area contributed by atoms with Gasteiger partial charge in [-0.25, -0.2) is 0 Å². The number of carbonyl (C=O) groups excluding carboxylic acids is 2. The van der Waals surface area contributed by atoms with Gasteiger partial charge in [-0.05, 0) is 49.8 Å². The molecular weight excluding hydrogens is 466 g/mol. The predicted molar refractivity (Wildman–Crippen MR) is 130 cm³/mol. The molecular formula is C22H24ClN5O2S2. The number of primary amides is 1. The Labute approximate surface area is 199 Å². The lowest BCUT2D eigenvalue weighted by Crippen LogP contribution is -2.20. The zero-order valence-corrected chi connectivity index (χ0v) is 20.2. The fourth-order valence-corrected chi connectivity index (χ4v) is 6.37. The first-order chi connectivity index (χ1) is 15.4. The summed E-state index contributed by atoms with van der Waals surface area (Å²) in [6, 6.07) is 7.46. The summed E-state index contributed by atoms with van der Waals surface area (Å²) >= 11 is 9.08. The number of anilines is 1. The Morgan fingerprint density at radius 1 is 1.34 bits per heavy atom. The molecule has 2 amide bonds. The molecule has 1 atom stereocenters. The molecule has 2 aromatic heterocycles. The van der Waals surface area contributed by atoms with Gasteiger partial charge in [0.05, 0.1) is 16.3 Å². The van der Waals surface area contributed by atoms with Gasteiger partial charge in [0.2, 0.25) is 5.91 Å². The maximum absolute atomic E-state index is 12.7. The minimum absolute atomic E-state index is 0.137. The highest BCUT2D eigenvalue weighted by molar-refractivity contribution is 7.99. The molecule has 1 unspecified atom stereocenters. The van der Waals surface area contributed by atoms with E-state index in [0.29, 0.717) is 39.0 Å². The first-order valence-corrected chi connectivity index (χ1v) is 12.6. The van der Waals surface area contributed by atoms with Gasteiger partial charge in [-0.1, -0.05) is 42.4 Å². The van der Waals surface area contributed by atoms with E-state index < -0.39 is 5.91 Å². The minimum Gasteiger partial charge on any atom is -0.365 e. The second kappa shape index (κ2) is 9.64. The average Bonchev–Trinajstić information content (AvgIpc) is 3.32. The molecule has 32 heavy (non-hydrogen) atoms. The number of halogens is 1. The smallest absolute Gasteiger partial charge is 0.251 e. The van der Waals surface area contributed by atoms with Crippen molar-refractivity contribution in [2.45, 2.75) is 44.8 Å². The molecule has 3 aromatic rings. The SMILES string of the molecule is CCn1c(SCC(=O)Nc2sc3c(c2C(N)=O)CCC(C)C3)nnc1-c1ccccc1Cl. The maximum atomic E-state index is 12.7. The lowest BCUT2D eigenvalue weighted by molar-refractivity contribution is -0.113. The van der Waals surface area contributed by atoms with Crippen LogP contribution in [0.5, 0.6) is 0 Å². The van der Waals surface area contributed by atoms with Crippen molar-refractivity contribution in [1.82, 2.24) is 14.8 Å². The minimum atomic E-state index is -0.491. The fourth-order valence-electron chi connectivity index (χ4n) is 3.91. The summed E-state index contributed by atoms with van der Waals surface area (Å²) in [5.74, 6) is 0.660. The van der Waals surface area contributed by atoms with Gasteiger partial charge in [0, 0.05) is 17.0 Å². The van der Waals surface area contributed by atoms with E-state index >= 15 is 0 Å². The number of benzene rings is 1. The lowest BCUT2D eigenvalue weighted by atomic mass is 9.88. The molecule has 0 aliphatic heterocycles. The van der Waals surface area contributed by atoms with Crippen LogP contribution in [-0.2, 0) is 24.2 Å². The van der Waals surface area contributed by atoms with Crippen LogP contribution in [0.2, 0.25) is 5.02 Å². The highest BCUT2D eigenvalue weighted by Crippen LogP contribution is 2.39. The zero-order chi connectivity index (χ0) is 22.8. The molecule has 0 saturated heterocycles. The Hall–Kier alpha value is -2.36. The number of aromatic nitrogens is 3. The van der Waals surface area contributed by atoms with E-state index in [-0.39, 0.29) is 11.7 Å². The van der Waals surface area contributed by atoms with E-state index in [0.717, 1.165) is 35.3 Å². The van der Waals surface area contributed by atoms with Crippen molar-refractivity contribution in [3.63, 3.8) is 0 Å². The Balaban J connectivity index is 1.49. The number of nitrogens with one attached hydrogen (secondary N) is 1. The number of carbonyl (C=O) groups is 2. The molecule has 7 nitrogen and oxygen atoms in total. The van der Waals surface area contributed by atoms with Crippen LogP contribution in [0.3, 0.4) is 0 Å². The summed E-state index contributed by atoms with van der Waals surface area (Å²) in [6.07, 6.45) is 2.75. The molecule has 4 rings (SSSR count). The summed E-state index contributed by atoms with van der Waals surface area (Å²) in [5, 5.41) is 13.2. The monoisotopic (exact) mass is 489 g/mol. The standard InChI is InChI=1S/C22H24ClN5O2S2/c1-3-28-20(13-6-4-5-7-15(13)23)26-27-22(28)31-11-17(29)25-21-18(19(24)30)14-9-8-12(2)10-16(14)32-21/h4-7,12H,3,8-11H2,1-2H3,(H2,24,30)(H,25,29). The van der Waals surface area contributed by atoms with Crippen molar-refractivity contribution >= 4 is 51.5 Å². The number of nitrogens with zero attached hydrogens (tertiary/aromatic N) is 3. The van der Waals surface area contributed by atoms with Crippen molar-refractivity contribution in [1.29, 1.82) is 0 Å². The molecule has 2 heterocycles. The van der Waals surface area contributed by atoms with E-state index in [2.05, 4.69) is 22.4 Å². The largest absolute Gasteiger partial charge is 0.365 e. The third kappa shape index (κ3) is 4.55. The van der Waals surface area contributed by atoms with Crippen LogP contribution >= 0.6 is 34.7 Å². The van der Waals surface area contributed by atoms with Gasteiger partial charge in [0.15, 0.2) is 11.0 Å². The zero-order valence-electron chi connectivity index (χ0n) is 17.9. The molecule has 0 bridgehead atoms. The van der Waals surface area contributed by atoms with Gasteiger partial charge in [0.25, 0.3) is 5.91 Å². The predicted octanol–water partition coefficient (Wildman–Crippen LogP) is 4.63. The molecule has 1 aromatic carbocycles. The van der Waals surface area contributed by atoms with Crippen LogP contribution in [0.15, 0.2) is 29.4 Å². The maximum Gasteiger partial charge on any atom is 0.251 e. The third-order valence-corrected chi connectivity index (χ3v) is 7.96. The summed E-state index contributed by atoms with van der Waals surface area (Å²) in [6.45, 7) is 4.82. The second-order valence-electron chi connectivity index (χ2n) is 7.79. The summed E-state index contributed by atoms with van der Waals surface area (Å²) in [4.78, 5) is 25.9. The second-order valence-corrected chi connectivity index (χ2v) is 10.2. The summed E-state index contributed by atoms with van der Waals surface area (Å²) in [7, 11) is 0. The summed E-state index contributed by atoms with van der Waals surface area (Å²) in [5.41, 5.74) is 7.91. The van der Waals surface area contributed by atoms with E-state index in [1.807, 2.05) is 35.8 Å². The lowest BCUT2D eigenvalue weighted by Gasteiger charge is -2.18. The van der Waals surface area contributed by atoms with Crippen LogP contribution in [0, 0.1) is 5.92 Å². The Morgan fingerprint density at radius 3 is 2.84 bits per heavy atom. The topological polar surface area (TPSA) is 103 Å². The van der Waals surface area contributed by atoms with Crippen molar-refractivity contribution in [2.24, 2.45) is 11.7 Å². The highest BCUT2D eigenvalue weighted by Gasteiger charge is 2.27. The van der Waals surface area contributed by atoms with Gasteiger partial charge >= 0.3 is 0 Å². The number of amides is 2. The van der Waals surface area contributed by atoms with Gasteiger partial charge < -0.3 is 15.6 Å². The Kier molecular flexibility index (Phi) is 6.88. The van der Waals surface area contributed by atoms with Crippen LogP contribution in [-0.4, -0.2) is 32.3 Å².